The number of ether oxygens (including phenoxy) is 2. The standard InChI is InChI=1S/C20H30O3/c1-3-5-7-13-19(22-15-16-11-8-6-9-12-16)20-14-17(21)18(23-20)10-4-2/h4,6,8-9,11-12,17-21H,2-3,5,7,10,13-15H2,1H3/t17-,18-,19-,20-/m1/s1. The van der Waals surface area contributed by atoms with E-state index in [9.17, 15) is 5.11 Å². The Morgan fingerprint density at radius 2 is 2.13 bits per heavy atom. The molecule has 3 nitrogen and oxygen atoms in total. The molecule has 0 unspecified atom stereocenters. The number of benzene rings is 1. The van der Waals surface area contributed by atoms with Gasteiger partial charge in [0.1, 0.15) is 0 Å². The average Bonchev–Trinajstić information content (AvgIpc) is 2.93. The summed E-state index contributed by atoms with van der Waals surface area (Å²) >= 11 is 0. The van der Waals surface area contributed by atoms with E-state index < -0.39 is 6.10 Å². The molecule has 1 aliphatic rings. The van der Waals surface area contributed by atoms with Crippen molar-refractivity contribution in [1.29, 1.82) is 0 Å². The van der Waals surface area contributed by atoms with Crippen molar-refractivity contribution in [3.05, 3.63) is 48.6 Å². The highest BCUT2D eigenvalue weighted by molar-refractivity contribution is 5.13. The average molecular weight is 318 g/mol. The van der Waals surface area contributed by atoms with Crippen LogP contribution in [0.5, 0.6) is 0 Å². The van der Waals surface area contributed by atoms with Crippen LogP contribution in [0.2, 0.25) is 0 Å². The molecule has 1 aromatic rings. The van der Waals surface area contributed by atoms with Crippen LogP contribution in [-0.4, -0.2) is 29.5 Å². The first-order valence-electron chi connectivity index (χ1n) is 8.84. The third-order valence-electron chi connectivity index (χ3n) is 4.47. The molecule has 0 saturated carbocycles. The second kappa shape index (κ2) is 9.86. The Hall–Kier alpha value is -1.16. The molecule has 1 aliphatic heterocycles. The van der Waals surface area contributed by atoms with Gasteiger partial charge in [-0.3, -0.25) is 0 Å². The molecular weight excluding hydrogens is 288 g/mol. The lowest BCUT2D eigenvalue weighted by Crippen LogP contribution is -2.29. The zero-order chi connectivity index (χ0) is 16.5. The predicted octanol–water partition coefficient (Wildman–Crippen LogP) is 4.25. The minimum atomic E-state index is -0.410. The Labute approximate surface area is 140 Å². The van der Waals surface area contributed by atoms with E-state index in [4.69, 9.17) is 9.47 Å². The van der Waals surface area contributed by atoms with E-state index in [0.717, 1.165) is 12.8 Å². The summed E-state index contributed by atoms with van der Waals surface area (Å²) in [7, 11) is 0. The van der Waals surface area contributed by atoms with E-state index >= 15 is 0 Å². The van der Waals surface area contributed by atoms with Crippen LogP contribution >= 0.6 is 0 Å². The third-order valence-corrected chi connectivity index (χ3v) is 4.47. The quantitative estimate of drug-likeness (QED) is 0.518. The highest BCUT2D eigenvalue weighted by atomic mass is 16.6. The lowest BCUT2D eigenvalue weighted by Gasteiger charge is -2.24. The molecule has 2 rings (SSSR count). The van der Waals surface area contributed by atoms with Gasteiger partial charge < -0.3 is 14.6 Å². The largest absolute Gasteiger partial charge is 0.390 e. The third kappa shape index (κ3) is 5.76. The van der Waals surface area contributed by atoms with Crippen molar-refractivity contribution in [2.75, 3.05) is 0 Å². The fourth-order valence-electron chi connectivity index (χ4n) is 3.13. The summed E-state index contributed by atoms with van der Waals surface area (Å²) in [6.07, 6.45) is 7.17. The fourth-order valence-corrected chi connectivity index (χ4v) is 3.13. The van der Waals surface area contributed by atoms with Crippen LogP contribution in [0.3, 0.4) is 0 Å². The molecule has 1 aromatic carbocycles. The second-order valence-electron chi connectivity index (χ2n) is 6.37. The molecule has 0 bridgehead atoms. The molecule has 0 aromatic heterocycles. The van der Waals surface area contributed by atoms with Gasteiger partial charge >= 0.3 is 0 Å². The van der Waals surface area contributed by atoms with Crippen LogP contribution < -0.4 is 0 Å². The lowest BCUT2D eigenvalue weighted by molar-refractivity contribution is -0.0817. The van der Waals surface area contributed by atoms with E-state index in [-0.39, 0.29) is 18.3 Å². The van der Waals surface area contributed by atoms with Crippen LogP contribution in [0.4, 0.5) is 0 Å². The zero-order valence-corrected chi connectivity index (χ0v) is 14.2. The first-order valence-corrected chi connectivity index (χ1v) is 8.84. The highest BCUT2D eigenvalue weighted by Gasteiger charge is 2.37. The number of unbranched alkanes of at least 4 members (excludes halogenated alkanes) is 2. The molecular formula is C20H30O3. The Bertz CT molecular complexity index is 445. The number of hydrogen-bond acceptors (Lipinski definition) is 3. The van der Waals surface area contributed by atoms with E-state index in [1.165, 1.54) is 18.4 Å². The van der Waals surface area contributed by atoms with Crippen LogP contribution in [0.15, 0.2) is 43.0 Å². The van der Waals surface area contributed by atoms with Crippen molar-refractivity contribution in [3.63, 3.8) is 0 Å². The topological polar surface area (TPSA) is 38.7 Å². The van der Waals surface area contributed by atoms with Crippen molar-refractivity contribution in [2.45, 2.75) is 76.5 Å². The highest BCUT2D eigenvalue weighted by Crippen LogP contribution is 2.29. The van der Waals surface area contributed by atoms with Crippen LogP contribution in [-0.2, 0) is 16.1 Å². The Morgan fingerprint density at radius 1 is 1.35 bits per heavy atom. The van der Waals surface area contributed by atoms with Gasteiger partial charge in [0.15, 0.2) is 0 Å². The fraction of sp³-hybridized carbons (Fsp3) is 0.600. The maximum Gasteiger partial charge on any atom is 0.0874 e. The van der Waals surface area contributed by atoms with Crippen LogP contribution in [0.25, 0.3) is 0 Å². The van der Waals surface area contributed by atoms with Gasteiger partial charge in [-0.05, 0) is 18.4 Å². The Balaban J connectivity index is 1.92. The zero-order valence-electron chi connectivity index (χ0n) is 14.2. The van der Waals surface area contributed by atoms with Gasteiger partial charge in [0.05, 0.1) is 31.0 Å². The second-order valence-corrected chi connectivity index (χ2v) is 6.37. The smallest absolute Gasteiger partial charge is 0.0874 e. The van der Waals surface area contributed by atoms with Gasteiger partial charge in [0.2, 0.25) is 0 Å². The number of aliphatic hydroxyl groups excluding tert-OH is 1. The number of aliphatic hydroxyl groups is 1. The summed E-state index contributed by atoms with van der Waals surface area (Å²) in [5.74, 6) is 0. The summed E-state index contributed by atoms with van der Waals surface area (Å²) in [6, 6.07) is 10.2. The monoisotopic (exact) mass is 318 g/mol. The van der Waals surface area contributed by atoms with E-state index in [1.54, 1.807) is 0 Å². The van der Waals surface area contributed by atoms with Crippen LogP contribution in [0.1, 0.15) is 51.0 Å². The maximum atomic E-state index is 10.2. The summed E-state index contributed by atoms with van der Waals surface area (Å²) in [6.45, 7) is 6.54. The Morgan fingerprint density at radius 3 is 2.83 bits per heavy atom. The molecule has 0 radical (unpaired) electrons. The molecule has 3 heteroatoms. The molecule has 0 spiro atoms. The normalized spacial score (nSPS) is 25.4. The first kappa shape index (κ1) is 18.2. The van der Waals surface area contributed by atoms with Crippen molar-refractivity contribution < 1.29 is 14.6 Å². The molecule has 1 heterocycles. The molecule has 0 aliphatic carbocycles. The van der Waals surface area contributed by atoms with Crippen molar-refractivity contribution in [3.8, 4) is 0 Å². The van der Waals surface area contributed by atoms with Gasteiger partial charge in [-0.25, -0.2) is 0 Å². The van der Waals surface area contributed by atoms with Gasteiger partial charge in [0.25, 0.3) is 0 Å². The van der Waals surface area contributed by atoms with Gasteiger partial charge in [-0.1, -0.05) is 62.6 Å². The summed E-state index contributed by atoms with van der Waals surface area (Å²) in [4.78, 5) is 0. The van der Waals surface area contributed by atoms with Gasteiger partial charge in [0, 0.05) is 6.42 Å². The molecule has 128 valence electrons. The van der Waals surface area contributed by atoms with Crippen molar-refractivity contribution >= 4 is 0 Å². The minimum Gasteiger partial charge on any atom is -0.390 e. The predicted molar refractivity (Wildman–Crippen MR) is 93.3 cm³/mol. The summed E-state index contributed by atoms with van der Waals surface area (Å²) in [5.41, 5.74) is 1.18. The van der Waals surface area contributed by atoms with Crippen LogP contribution in [0, 0.1) is 0 Å². The lowest BCUT2D eigenvalue weighted by atomic mass is 10.0. The maximum absolute atomic E-state index is 10.2. The summed E-state index contributed by atoms with van der Waals surface area (Å²) in [5, 5.41) is 10.2. The Kier molecular flexibility index (Phi) is 7.80. The SMILES string of the molecule is C=CC[C@H]1O[C@@H]([C@@H](CCCCC)OCc2ccccc2)C[C@H]1O. The van der Waals surface area contributed by atoms with Gasteiger partial charge in [-0.2, -0.15) is 0 Å². The first-order chi connectivity index (χ1) is 11.2. The molecule has 23 heavy (non-hydrogen) atoms. The molecule has 1 N–H and O–H groups in total. The van der Waals surface area contributed by atoms with Gasteiger partial charge in [-0.15, -0.1) is 6.58 Å². The molecule has 4 atom stereocenters. The molecule has 1 saturated heterocycles. The van der Waals surface area contributed by atoms with Crippen molar-refractivity contribution in [2.24, 2.45) is 0 Å². The molecule has 1 fully saturated rings. The minimum absolute atomic E-state index is 0.0180. The van der Waals surface area contributed by atoms with E-state index in [1.807, 2.05) is 24.3 Å². The van der Waals surface area contributed by atoms with E-state index in [0.29, 0.717) is 19.4 Å². The number of hydrogen-bond donors (Lipinski definition) is 1. The summed E-state index contributed by atoms with van der Waals surface area (Å²) < 4.78 is 12.2. The van der Waals surface area contributed by atoms with Crippen molar-refractivity contribution in [1.82, 2.24) is 0 Å². The molecule has 0 amide bonds. The number of rotatable bonds is 10. The van der Waals surface area contributed by atoms with E-state index in [2.05, 4.69) is 25.6 Å².